The number of rotatable bonds is 4. The van der Waals surface area contributed by atoms with Gasteiger partial charge in [0.15, 0.2) is 0 Å². The third-order valence-corrected chi connectivity index (χ3v) is 3.06. The molecule has 3 heteroatoms. The van der Waals surface area contributed by atoms with E-state index in [1.54, 1.807) is 25.1 Å². The Hall–Kier alpha value is -1.77. The molecule has 1 unspecified atom stereocenters. The molecule has 1 atom stereocenters. The first-order chi connectivity index (χ1) is 7.91. The summed E-state index contributed by atoms with van der Waals surface area (Å²) in [6.45, 7) is 9.40. The molecule has 0 radical (unpaired) electrons. The number of aryl methyl sites for hydroxylation is 1. The van der Waals surface area contributed by atoms with Crippen molar-refractivity contribution >= 4 is 5.91 Å². The van der Waals surface area contributed by atoms with Crippen molar-refractivity contribution < 1.29 is 9.90 Å². The van der Waals surface area contributed by atoms with E-state index in [1.807, 2.05) is 13.8 Å². The highest BCUT2D eigenvalue weighted by atomic mass is 16.3. The third kappa shape index (κ3) is 3.09. The second kappa shape index (κ2) is 5.04. The van der Waals surface area contributed by atoms with Crippen molar-refractivity contribution in [3.05, 3.63) is 42.0 Å². The van der Waals surface area contributed by atoms with Crippen LogP contribution in [0.4, 0.5) is 0 Å². The van der Waals surface area contributed by atoms with Gasteiger partial charge >= 0.3 is 0 Å². The van der Waals surface area contributed by atoms with Crippen molar-refractivity contribution in [1.82, 2.24) is 5.32 Å². The first-order valence-electron chi connectivity index (χ1n) is 5.67. The van der Waals surface area contributed by atoms with Crippen molar-refractivity contribution in [3.63, 3.8) is 0 Å². The molecule has 0 aromatic heterocycles. The monoisotopic (exact) mass is 233 g/mol. The van der Waals surface area contributed by atoms with Crippen LogP contribution < -0.4 is 5.32 Å². The van der Waals surface area contributed by atoms with Crippen molar-refractivity contribution in [3.8, 4) is 5.75 Å². The molecule has 0 aliphatic carbocycles. The minimum atomic E-state index is -0.419. The molecule has 1 amide bonds. The number of phenols is 1. The van der Waals surface area contributed by atoms with Gasteiger partial charge in [-0.1, -0.05) is 19.1 Å². The third-order valence-electron chi connectivity index (χ3n) is 3.06. The Bertz CT molecular complexity index is 440. The molecule has 3 nitrogen and oxygen atoms in total. The zero-order chi connectivity index (χ0) is 13.1. The van der Waals surface area contributed by atoms with Crippen LogP contribution in [0.5, 0.6) is 5.75 Å². The molecule has 0 bridgehead atoms. The lowest BCUT2D eigenvalue weighted by molar-refractivity contribution is 0.0920. The Morgan fingerprint density at radius 2 is 2.24 bits per heavy atom. The summed E-state index contributed by atoms with van der Waals surface area (Å²) in [7, 11) is 0. The van der Waals surface area contributed by atoms with Crippen molar-refractivity contribution in [2.24, 2.45) is 0 Å². The molecule has 0 saturated carbocycles. The number of benzene rings is 1. The van der Waals surface area contributed by atoms with Gasteiger partial charge in [-0.05, 0) is 38.0 Å². The van der Waals surface area contributed by atoms with Gasteiger partial charge in [-0.3, -0.25) is 4.79 Å². The first kappa shape index (κ1) is 13.3. The Labute approximate surface area is 102 Å². The molecule has 0 aliphatic rings. The van der Waals surface area contributed by atoms with Crippen LogP contribution in [0.3, 0.4) is 0 Å². The molecule has 0 spiro atoms. The minimum absolute atomic E-state index is 0.134. The minimum Gasteiger partial charge on any atom is -0.508 e. The molecule has 92 valence electrons. The van der Waals surface area contributed by atoms with Crippen LogP contribution in [0.15, 0.2) is 30.9 Å². The summed E-state index contributed by atoms with van der Waals surface area (Å²) in [5, 5.41) is 12.4. The maximum absolute atomic E-state index is 12.0. The number of phenolic OH excluding ortho intramolecular Hbond substituents is 1. The van der Waals surface area contributed by atoms with Crippen molar-refractivity contribution in [2.45, 2.75) is 32.7 Å². The molecular formula is C14H19NO2. The number of hydrogen-bond donors (Lipinski definition) is 2. The van der Waals surface area contributed by atoms with Crippen LogP contribution in [-0.4, -0.2) is 16.6 Å². The van der Waals surface area contributed by atoms with Crippen LogP contribution in [0.25, 0.3) is 0 Å². The maximum atomic E-state index is 12.0. The quantitative estimate of drug-likeness (QED) is 0.786. The second-order valence-corrected chi connectivity index (χ2v) is 4.43. The lowest BCUT2D eigenvalue weighted by Gasteiger charge is -2.25. The van der Waals surface area contributed by atoms with Gasteiger partial charge in [0.2, 0.25) is 0 Å². The van der Waals surface area contributed by atoms with E-state index in [9.17, 15) is 9.90 Å². The van der Waals surface area contributed by atoms with E-state index in [4.69, 9.17) is 0 Å². The number of aromatic hydroxyl groups is 1. The van der Waals surface area contributed by atoms with E-state index < -0.39 is 5.54 Å². The molecule has 0 fully saturated rings. The zero-order valence-corrected chi connectivity index (χ0v) is 10.6. The maximum Gasteiger partial charge on any atom is 0.252 e. The smallest absolute Gasteiger partial charge is 0.252 e. The number of hydrogen-bond acceptors (Lipinski definition) is 2. The Morgan fingerprint density at radius 3 is 2.71 bits per heavy atom. The average Bonchev–Trinajstić information content (AvgIpc) is 2.32. The lowest BCUT2D eigenvalue weighted by atomic mass is 9.98. The number of carbonyl (C=O) groups is 1. The van der Waals surface area contributed by atoms with Crippen molar-refractivity contribution in [1.29, 1.82) is 0 Å². The average molecular weight is 233 g/mol. The van der Waals surface area contributed by atoms with Gasteiger partial charge in [0.05, 0.1) is 5.54 Å². The summed E-state index contributed by atoms with van der Waals surface area (Å²) < 4.78 is 0. The highest BCUT2D eigenvalue weighted by Crippen LogP contribution is 2.18. The molecule has 0 saturated heterocycles. The van der Waals surface area contributed by atoms with E-state index in [-0.39, 0.29) is 11.7 Å². The van der Waals surface area contributed by atoms with Crippen LogP contribution in [0.1, 0.15) is 36.2 Å². The topological polar surface area (TPSA) is 49.3 Å². The van der Waals surface area contributed by atoms with Gasteiger partial charge < -0.3 is 10.4 Å². The van der Waals surface area contributed by atoms with Crippen LogP contribution >= 0.6 is 0 Å². The van der Waals surface area contributed by atoms with Crippen LogP contribution in [0.2, 0.25) is 0 Å². The van der Waals surface area contributed by atoms with Crippen molar-refractivity contribution in [2.75, 3.05) is 0 Å². The fraction of sp³-hybridized carbons (Fsp3) is 0.357. The second-order valence-electron chi connectivity index (χ2n) is 4.43. The van der Waals surface area contributed by atoms with E-state index in [0.717, 1.165) is 12.0 Å². The van der Waals surface area contributed by atoms with Crippen LogP contribution in [0, 0.1) is 6.92 Å². The highest BCUT2D eigenvalue weighted by Gasteiger charge is 2.21. The summed E-state index contributed by atoms with van der Waals surface area (Å²) in [6, 6.07) is 4.90. The summed E-state index contributed by atoms with van der Waals surface area (Å²) >= 11 is 0. The van der Waals surface area contributed by atoms with Gasteiger partial charge in [-0.25, -0.2) is 0 Å². The fourth-order valence-corrected chi connectivity index (χ4v) is 1.37. The number of amides is 1. The largest absolute Gasteiger partial charge is 0.508 e. The molecule has 0 aliphatic heterocycles. The SMILES string of the molecule is C=CC(C)(CC)NC(=O)c1ccc(C)c(O)c1. The first-order valence-corrected chi connectivity index (χ1v) is 5.67. The summed E-state index contributed by atoms with van der Waals surface area (Å²) in [5.41, 5.74) is 0.788. The molecule has 2 N–H and O–H groups in total. The van der Waals surface area contributed by atoms with Gasteiger partial charge in [0.1, 0.15) is 5.75 Å². The number of nitrogens with one attached hydrogen (secondary N) is 1. The molecule has 1 aromatic rings. The number of carbonyl (C=O) groups excluding carboxylic acids is 1. The zero-order valence-electron chi connectivity index (χ0n) is 10.6. The van der Waals surface area contributed by atoms with E-state index in [1.165, 1.54) is 6.07 Å². The lowest BCUT2D eigenvalue weighted by Crippen LogP contribution is -2.43. The van der Waals surface area contributed by atoms with Crippen LogP contribution in [-0.2, 0) is 0 Å². The standard InChI is InChI=1S/C14H19NO2/c1-5-14(4,6-2)15-13(17)11-8-7-10(3)12(16)9-11/h5,7-9,16H,1,6H2,2-4H3,(H,15,17). The predicted octanol–water partition coefficient (Wildman–Crippen LogP) is 2.79. The Kier molecular flexibility index (Phi) is 3.94. The van der Waals surface area contributed by atoms with Gasteiger partial charge in [-0.15, -0.1) is 6.58 Å². The summed E-state index contributed by atoms with van der Waals surface area (Å²) in [6.07, 6.45) is 2.49. The summed E-state index contributed by atoms with van der Waals surface area (Å²) in [4.78, 5) is 12.0. The molecular weight excluding hydrogens is 214 g/mol. The summed E-state index contributed by atoms with van der Waals surface area (Å²) in [5.74, 6) is -0.0704. The van der Waals surface area contributed by atoms with E-state index in [0.29, 0.717) is 5.56 Å². The van der Waals surface area contributed by atoms with E-state index in [2.05, 4.69) is 11.9 Å². The Balaban J connectivity index is 2.90. The normalized spacial score (nSPS) is 13.8. The van der Waals surface area contributed by atoms with Gasteiger partial charge in [0, 0.05) is 5.56 Å². The van der Waals surface area contributed by atoms with Gasteiger partial charge in [-0.2, -0.15) is 0 Å². The predicted molar refractivity (Wildman–Crippen MR) is 69.2 cm³/mol. The molecule has 1 rings (SSSR count). The van der Waals surface area contributed by atoms with E-state index >= 15 is 0 Å². The fourth-order valence-electron chi connectivity index (χ4n) is 1.37. The van der Waals surface area contributed by atoms with Gasteiger partial charge in [0.25, 0.3) is 5.91 Å². The highest BCUT2D eigenvalue weighted by molar-refractivity contribution is 5.95. The molecule has 1 aromatic carbocycles. The molecule has 0 heterocycles. The molecule has 17 heavy (non-hydrogen) atoms. The Morgan fingerprint density at radius 1 is 1.59 bits per heavy atom.